The van der Waals surface area contributed by atoms with Crippen molar-refractivity contribution in [1.82, 2.24) is 10.3 Å². The molecule has 0 amide bonds. The Morgan fingerprint density at radius 3 is 3.00 bits per heavy atom. The molecule has 3 heteroatoms. The van der Waals surface area contributed by atoms with Gasteiger partial charge < -0.3 is 11.1 Å². The Morgan fingerprint density at radius 2 is 2.38 bits per heavy atom. The molecule has 0 saturated heterocycles. The van der Waals surface area contributed by atoms with Crippen LogP contribution in [0.1, 0.15) is 31.7 Å². The number of likely N-dealkylation sites (N-methyl/N-ethyl adjacent to an activating group) is 1. The maximum Gasteiger partial charge on any atom is 0.126 e. The van der Waals surface area contributed by atoms with Gasteiger partial charge in [-0.2, -0.15) is 0 Å². The van der Waals surface area contributed by atoms with Gasteiger partial charge in [0.25, 0.3) is 0 Å². The third-order valence-electron chi connectivity index (χ3n) is 3.20. The lowest BCUT2D eigenvalue weighted by atomic mass is 10.0. The number of nitrogens with one attached hydrogen (secondary N) is 1. The Kier molecular flexibility index (Phi) is 3.78. The zero-order valence-corrected chi connectivity index (χ0v) is 9.95. The highest BCUT2D eigenvalue weighted by atomic mass is 14.9. The van der Waals surface area contributed by atoms with Gasteiger partial charge in [0, 0.05) is 12.2 Å². The molecule has 0 bridgehead atoms. The summed E-state index contributed by atoms with van der Waals surface area (Å²) in [5, 5.41) is 3.55. The van der Waals surface area contributed by atoms with Crippen molar-refractivity contribution in [2.45, 2.75) is 38.6 Å². The van der Waals surface area contributed by atoms with Crippen molar-refractivity contribution in [1.29, 1.82) is 0 Å². The van der Waals surface area contributed by atoms with Gasteiger partial charge in [-0.25, -0.2) is 4.98 Å². The molecule has 1 aliphatic rings. The van der Waals surface area contributed by atoms with Crippen molar-refractivity contribution in [2.75, 3.05) is 12.3 Å². The van der Waals surface area contributed by atoms with Crippen molar-refractivity contribution in [3.05, 3.63) is 23.9 Å². The SMILES string of the molecule is CCNC(Cc1cccnc1N)CC1CC1. The Balaban J connectivity index is 1.95. The fourth-order valence-electron chi connectivity index (χ4n) is 2.17. The Morgan fingerprint density at radius 1 is 1.56 bits per heavy atom. The van der Waals surface area contributed by atoms with Gasteiger partial charge in [0.15, 0.2) is 0 Å². The van der Waals surface area contributed by atoms with E-state index in [2.05, 4.69) is 23.3 Å². The summed E-state index contributed by atoms with van der Waals surface area (Å²) < 4.78 is 0. The largest absolute Gasteiger partial charge is 0.383 e. The summed E-state index contributed by atoms with van der Waals surface area (Å²) in [6, 6.07) is 4.61. The fourth-order valence-corrected chi connectivity index (χ4v) is 2.17. The number of rotatable bonds is 6. The number of nitrogen functional groups attached to an aromatic ring is 1. The summed E-state index contributed by atoms with van der Waals surface area (Å²) in [7, 11) is 0. The van der Waals surface area contributed by atoms with Gasteiger partial charge in [0.05, 0.1) is 0 Å². The topological polar surface area (TPSA) is 50.9 Å². The highest BCUT2D eigenvalue weighted by molar-refractivity contribution is 5.38. The second-order valence-corrected chi connectivity index (χ2v) is 4.69. The highest BCUT2D eigenvalue weighted by Gasteiger charge is 2.25. The molecule has 1 saturated carbocycles. The molecule has 3 nitrogen and oxygen atoms in total. The minimum Gasteiger partial charge on any atom is -0.383 e. The van der Waals surface area contributed by atoms with Crippen molar-refractivity contribution < 1.29 is 0 Å². The van der Waals surface area contributed by atoms with Gasteiger partial charge in [-0.15, -0.1) is 0 Å². The number of anilines is 1. The first kappa shape index (κ1) is 11.4. The standard InChI is InChI=1S/C13H21N3/c1-2-15-12(8-10-5-6-10)9-11-4-3-7-16-13(11)14/h3-4,7,10,12,15H,2,5-6,8-9H2,1H3,(H2,14,16). The minimum absolute atomic E-state index is 0.559. The Bertz CT molecular complexity index is 334. The van der Waals surface area contributed by atoms with Crippen LogP contribution < -0.4 is 11.1 Å². The molecule has 1 aromatic heterocycles. The molecular formula is C13H21N3. The first-order valence-corrected chi connectivity index (χ1v) is 6.22. The zero-order chi connectivity index (χ0) is 11.4. The van der Waals surface area contributed by atoms with E-state index in [9.17, 15) is 0 Å². The predicted octanol–water partition coefficient (Wildman–Crippen LogP) is 1.98. The van der Waals surface area contributed by atoms with Crippen molar-refractivity contribution in [3.8, 4) is 0 Å². The van der Waals surface area contributed by atoms with Crippen LogP contribution in [0.2, 0.25) is 0 Å². The molecule has 1 unspecified atom stereocenters. The van der Waals surface area contributed by atoms with Crippen molar-refractivity contribution in [3.63, 3.8) is 0 Å². The molecule has 1 aliphatic carbocycles. The van der Waals surface area contributed by atoms with E-state index in [1.807, 2.05) is 6.07 Å². The van der Waals surface area contributed by atoms with Gasteiger partial charge in [0.1, 0.15) is 5.82 Å². The van der Waals surface area contributed by atoms with Crippen LogP contribution >= 0.6 is 0 Å². The van der Waals surface area contributed by atoms with Crippen molar-refractivity contribution in [2.24, 2.45) is 5.92 Å². The first-order chi connectivity index (χ1) is 7.79. The van der Waals surface area contributed by atoms with Crippen LogP contribution in [0.25, 0.3) is 0 Å². The van der Waals surface area contributed by atoms with E-state index in [1.165, 1.54) is 24.8 Å². The molecule has 88 valence electrons. The van der Waals surface area contributed by atoms with E-state index in [-0.39, 0.29) is 0 Å². The lowest BCUT2D eigenvalue weighted by molar-refractivity contribution is 0.466. The summed E-state index contributed by atoms with van der Waals surface area (Å²) in [6.07, 6.45) is 6.85. The third-order valence-corrected chi connectivity index (χ3v) is 3.20. The number of nitrogens with zero attached hydrogens (tertiary/aromatic N) is 1. The maximum absolute atomic E-state index is 5.87. The molecular weight excluding hydrogens is 198 g/mol. The number of hydrogen-bond acceptors (Lipinski definition) is 3. The fraction of sp³-hybridized carbons (Fsp3) is 0.615. The summed E-state index contributed by atoms with van der Waals surface area (Å²) >= 11 is 0. The van der Waals surface area contributed by atoms with Crippen LogP contribution in [0.15, 0.2) is 18.3 Å². The van der Waals surface area contributed by atoms with E-state index in [1.54, 1.807) is 6.20 Å². The number of nitrogens with two attached hydrogens (primary N) is 1. The van der Waals surface area contributed by atoms with Crippen LogP contribution in [-0.4, -0.2) is 17.6 Å². The zero-order valence-electron chi connectivity index (χ0n) is 9.95. The van der Waals surface area contributed by atoms with Gasteiger partial charge in [-0.05, 0) is 36.9 Å². The van der Waals surface area contributed by atoms with E-state index < -0.39 is 0 Å². The summed E-state index contributed by atoms with van der Waals surface area (Å²) in [4.78, 5) is 4.14. The Labute approximate surface area is 97.5 Å². The number of hydrogen-bond donors (Lipinski definition) is 2. The molecule has 1 atom stereocenters. The maximum atomic E-state index is 5.87. The molecule has 2 rings (SSSR count). The lowest BCUT2D eigenvalue weighted by Gasteiger charge is -2.18. The van der Waals surface area contributed by atoms with Crippen LogP contribution in [0.5, 0.6) is 0 Å². The third kappa shape index (κ3) is 3.20. The van der Waals surface area contributed by atoms with Gasteiger partial charge in [-0.3, -0.25) is 0 Å². The lowest BCUT2D eigenvalue weighted by Crippen LogP contribution is -2.31. The average Bonchev–Trinajstić information content (AvgIpc) is 3.06. The van der Waals surface area contributed by atoms with E-state index in [0.29, 0.717) is 11.9 Å². The number of aromatic nitrogens is 1. The molecule has 1 heterocycles. The molecule has 3 N–H and O–H groups in total. The first-order valence-electron chi connectivity index (χ1n) is 6.22. The highest BCUT2D eigenvalue weighted by Crippen LogP contribution is 2.34. The summed E-state index contributed by atoms with van der Waals surface area (Å²) in [5.41, 5.74) is 7.05. The predicted molar refractivity (Wildman–Crippen MR) is 67.2 cm³/mol. The molecule has 1 aromatic rings. The van der Waals surface area contributed by atoms with Crippen molar-refractivity contribution >= 4 is 5.82 Å². The van der Waals surface area contributed by atoms with Crippen LogP contribution in [0.3, 0.4) is 0 Å². The molecule has 1 fully saturated rings. The smallest absolute Gasteiger partial charge is 0.126 e. The molecule has 0 aromatic carbocycles. The van der Waals surface area contributed by atoms with Crippen LogP contribution in [-0.2, 0) is 6.42 Å². The molecule has 0 spiro atoms. The molecule has 0 radical (unpaired) electrons. The molecule has 0 aliphatic heterocycles. The molecule has 16 heavy (non-hydrogen) atoms. The van der Waals surface area contributed by atoms with E-state index in [0.717, 1.165) is 18.9 Å². The monoisotopic (exact) mass is 219 g/mol. The second-order valence-electron chi connectivity index (χ2n) is 4.69. The normalized spacial score (nSPS) is 17.3. The Hall–Kier alpha value is -1.09. The van der Waals surface area contributed by atoms with Gasteiger partial charge >= 0.3 is 0 Å². The van der Waals surface area contributed by atoms with Crippen LogP contribution in [0, 0.1) is 5.92 Å². The quantitative estimate of drug-likeness (QED) is 0.769. The summed E-state index contributed by atoms with van der Waals surface area (Å²) in [5.74, 6) is 1.63. The van der Waals surface area contributed by atoms with Gasteiger partial charge in [0.2, 0.25) is 0 Å². The van der Waals surface area contributed by atoms with Gasteiger partial charge in [-0.1, -0.05) is 25.8 Å². The van der Waals surface area contributed by atoms with E-state index in [4.69, 9.17) is 5.73 Å². The minimum atomic E-state index is 0.559. The van der Waals surface area contributed by atoms with Crippen LogP contribution in [0.4, 0.5) is 5.82 Å². The second kappa shape index (κ2) is 5.30. The van der Waals surface area contributed by atoms with E-state index >= 15 is 0 Å². The average molecular weight is 219 g/mol. The summed E-state index contributed by atoms with van der Waals surface area (Å²) in [6.45, 7) is 3.18. The number of pyridine rings is 1.